The van der Waals surface area contributed by atoms with Crippen molar-refractivity contribution in [3.05, 3.63) is 40.9 Å². The zero-order valence-electron chi connectivity index (χ0n) is 14.3. The summed E-state index contributed by atoms with van der Waals surface area (Å²) in [7, 11) is 1.56. The van der Waals surface area contributed by atoms with Crippen LogP contribution in [0.15, 0.2) is 29.6 Å². The van der Waals surface area contributed by atoms with Crippen LogP contribution in [0, 0.1) is 6.92 Å². The minimum absolute atomic E-state index is 0.137. The summed E-state index contributed by atoms with van der Waals surface area (Å²) in [6.45, 7) is 1.96. The number of hydrogen-bond donors (Lipinski definition) is 2. The standard InChI is InChI=1S/C17H18N4O4S/c1-10-9-26-16(18-10)20-14(22)7-13-15(23)21(17(24)19-13)8-11-3-5-12(25-2)6-4-11/h3-6,9,13H,7-8H2,1-2H3,(H,19,24)(H,18,20,22)/t13-/m0/s1. The predicted molar refractivity (Wildman–Crippen MR) is 96.0 cm³/mol. The van der Waals surface area contributed by atoms with E-state index in [1.165, 1.54) is 11.3 Å². The maximum atomic E-state index is 12.5. The molecule has 8 nitrogen and oxygen atoms in total. The second-order valence-electron chi connectivity index (χ2n) is 5.82. The maximum Gasteiger partial charge on any atom is 0.325 e. The van der Waals surface area contributed by atoms with Crippen molar-refractivity contribution in [1.82, 2.24) is 15.2 Å². The highest BCUT2D eigenvalue weighted by molar-refractivity contribution is 7.13. The number of nitrogens with one attached hydrogen (secondary N) is 2. The number of aryl methyl sites for hydroxylation is 1. The minimum atomic E-state index is -0.873. The Hall–Kier alpha value is -2.94. The van der Waals surface area contributed by atoms with Crippen molar-refractivity contribution >= 4 is 34.3 Å². The molecule has 0 bridgehead atoms. The first-order valence-corrected chi connectivity index (χ1v) is 8.81. The number of imide groups is 1. The SMILES string of the molecule is COc1ccc(CN2C(=O)N[C@@H](CC(=O)Nc3nc(C)cs3)C2=O)cc1. The third-order valence-electron chi connectivity index (χ3n) is 3.86. The summed E-state index contributed by atoms with van der Waals surface area (Å²) in [6, 6.07) is 5.70. The fourth-order valence-corrected chi connectivity index (χ4v) is 3.25. The highest BCUT2D eigenvalue weighted by Crippen LogP contribution is 2.18. The molecule has 9 heteroatoms. The summed E-state index contributed by atoms with van der Waals surface area (Å²) in [5.41, 5.74) is 1.60. The fraction of sp³-hybridized carbons (Fsp3) is 0.294. The van der Waals surface area contributed by atoms with E-state index in [-0.39, 0.29) is 18.9 Å². The van der Waals surface area contributed by atoms with Gasteiger partial charge in [-0.15, -0.1) is 11.3 Å². The molecule has 1 aromatic heterocycles. The number of benzene rings is 1. The molecule has 1 fully saturated rings. The van der Waals surface area contributed by atoms with Gasteiger partial charge in [0.1, 0.15) is 11.8 Å². The molecule has 1 aliphatic heterocycles. The lowest BCUT2D eigenvalue weighted by atomic mass is 10.1. The first kappa shape index (κ1) is 17.9. The number of carbonyl (C=O) groups excluding carboxylic acids is 3. The molecule has 1 atom stereocenters. The lowest BCUT2D eigenvalue weighted by Crippen LogP contribution is -2.34. The molecule has 0 unspecified atom stereocenters. The van der Waals surface area contributed by atoms with E-state index in [1.807, 2.05) is 12.3 Å². The van der Waals surface area contributed by atoms with E-state index in [2.05, 4.69) is 15.6 Å². The van der Waals surface area contributed by atoms with Gasteiger partial charge in [0.05, 0.1) is 25.8 Å². The Kier molecular flexibility index (Phi) is 5.17. The van der Waals surface area contributed by atoms with Crippen LogP contribution >= 0.6 is 11.3 Å². The van der Waals surface area contributed by atoms with Crippen molar-refractivity contribution in [3.8, 4) is 5.75 Å². The van der Waals surface area contributed by atoms with Gasteiger partial charge in [0.15, 0.2) is 5.13 Å². The van der Waals surface area contributed by atoms with E-state index in [0.29, 0.717) is 10.9 Å². The summed E-state index contributed by atoms with van der Waals surface area (Å²) in [4.78, 5) is 41.9. The molecule has 0 radical (unpaired) electrons. The quantitative estimate of drug-likeness (QED) is 0.752. The Morgan fingerprint density at radius 2 is 2.08 bits per heavy atom. The molecule has 1 aliphatic rings. The Morgan fingerprint density at radius 3 is 2.69 bits per heavy atom. The van der Waals surface area contributed by atoms with E-state index in [0.717, 1.165) is 16.2 Å². The average Bonchev–Trinajstić information content (AvgIpc) is 3.13. The number of urea groups is 1. The van der Waals surface area contributed by atoms with Crippen molar-refractivity contribution in [2.45, 2.75) is 25.9 Å². The Balaban J connectivity index is 1.59. The molecule has 2 aromatic rings. The summed E-state index contributed by atoms with van der Waals surface area (Å²) < 4.78 is 5.08. The van der Waals surface area contributed by atoms with Crippen molar-refractivity contribution in [3.63, 3.8) is 0 Å². The van der Waals surface area contributed by atoms with Crippen molar-refractivity contribution in [2.24, 2.45) is 0 Å². The molecule has 1 saturated heterocycles. The van der Waals surface area contributed by atoms with Gasteiger partial charge in [0, 0.05) is 5.38 Å². The van der Waals surface area contributed by atoms with Gasteiger partial charge in [0.25, 0.3) is 5.91 Å². The number of thiazole rings is 1. The average molecular weight is 374 g/mol. The molecule has 3 rings (SSSR count). The van der Waals surface area contributed by atoms with Gasteiger partial charge >= 0.3 is 6.03 Å². The van der Waals surface area contributed by atoms with Crippen LogP contribution in [0.25, 0.3) is 0 Å². The molecule has 1 aromatic carbocycles. The van der Waals surface area contributed by atoms with Crippen LogP contribution in [0.2, 0.25) is 0 Å². The van der Waals surface area contributed by atoms with Crippen LogP contribution in [-0.2, 0) is 16.1 Å². The van der Waals surface area contributed by atoms with E-state index in [9.17, 15) is 14.4 Å². The number of methoxy groups -OCH3 is 1. The lowest BCUT2D eigenvalue weighted by Gasteiger charge is -2.13. The van der Waals surface area contributed by atoms with Crippen molar-refractivity contribution in [1.29, 1.82) is 0 Å². The van der Waals surface area contributed by atoms with E-state index in [4.69, 9.17) is 4.74 Å². The van der Waals surface area contributed by atoms with Crippen LogP contribution in [0.4, 0.5) is 9.93 Å². The van der Waals surface area contributed by atoms with Gasteiger partial charge in [-0.3, -0.25) is 14.5 Å². The van der Waals surface area contributed by atoms with Gasteiger partial charge in [0.2, 0.25) is 5.91 Å². The molecular weight excluding hydrogens is 356 g/mol. The summed E-state index contributed by atoms with van der Waals surface area (Å²) >= 11 is 1.31. The molecule has 2 N–H and O–H groups in total. The number of amides is 4. The minimum Gasteiger partial charge on any atom is -0.497 e. The second-order valence-corrected chi connectivity index (χ2v) is 6.68. The van der Waals surface area contributed by atoms with Gasteiger partial charge in [-0.05, 0) is 24.6 Å². The number of rotatable bonds is 6. The van der Waals surface area contributed by atoms with Crippen LogP contribution in [0.5, 0.6) is 5.75 Å². The summed E-state index contributed by atoms with van der Waals surface area (Å²) in [6.07, 6.45) is -0.137. The number of ether oxygens (including phenoxy) is 1. The topological polar surface area (TPSA) is 101 Å². The zero-order valence-corrected chi connectivity index (χ0v) is 15.1. The first-order valence-electron chi connectivity index (χ1n) is 7.93. The first-order chi connectivity index (χ1) is 12.5. The third-order valence-corrected chi connectivity index (χ3v) is 4.74. The third kappa shape index (κ3) is 3.99. The predicted octanol–water partition coefficient (Wildman–Crippen LogP) is 1.91. The summed E-state index contributed by atoms with van der Waals surface area (Å²) in [5, 5.41) is 7.47. The monoisotopic (exact) mass is 374 g/mol. The van der Waals surface area contributed by atoms with Gasteiger partial charge < -0.3 is 15.4 Å². The van der Waals surface area contributed by atoms with Gasteiger partial charge in [-0.25, -0.2) is 9.78 Å². The zero-order chi connectivity index (χ0) is 18.7. The van der Waals surface area contributed by atoms with E-state index >= 15 is 0 Å². The summed E-state index contributed by atoms with van der Waals surface area (Å²) in [5.74, 6) is -0.0986. The Labute approximate surface area is 154 Å². The van der Waals surface area contributed by atoms with Gasteiger partial charge in [-0.2, -0.15) is 0 Å². The second kappa shape index (κ2) is 7.52. The fourth-order valence-electron chi connectivity index (χ4n) is 2.55. The smallest absolute Gasteiger partial charge is 0.325 e. The number of aromatic nitrogens is 1. The molecule has 0 saturated carbocycles. The largest absolute Gasteiger partial charge is 0.497 e. The molecule has 2 heterocycles. The lowest BCUT2D eigenvalue weighted by molar-refractivity contribution is -0.130. The highest BCUT2D eigenvalue weighted by atomic mass is 32.1. The number of carbonyl (C=O) groups is 3. The van der Waals surface area contributed by atoms with E-state index in [1.54, 1.807) is 31.4 Å². The van der Waals surface area contributed by atoms with Crippen molar-refractivity contribution in [2.75, 3.05) is 12.4 Å². The Morgan fingerprint density at radius 1 is 1.35 bits per heavy atom. The number of hydrogen-bond acceptors (Lipinski definition) is 6. The normalized spacial score (nSPS) is 16.5. The molecule has 136 valence electrons. The Bertz CT molecular complexity index is 834. The van der Waals surface area contributed by atoms with E-state index < -0.39 is 18.0 Å². The molecule has 0 spiro atoms. The maximum absolute atomic E-state index is 12.5. The van der Waals surface area contributed by atoms with Crippen LogP contribution in [0.1, 0.15) is 17.7 Å². The number of nitrogens with zero attached hydrogens (tertiary/aromatic N) is 2. The van der Waals surface area contributed by atoms with Crippen molar-refractivity contribution < 1.29 is 19.1 Å². The number of anilines is 1. The molecule has 26 heavy (non-hydrogen) atoms. The highest BCUT2D eigenvalue weighted by Gasteiger charge is 2.39. The molecular formula is C17H18N4O4S. The van der Waals surface area contributed by atoms with Crippen LogP contribution in [0.3, 0.4) is 0 Å². The van der Waals surface area contributed by atoms with Crippen LogP contribution in [-0.4, -0.2) is 40.9 Å². The van der Waals surface area contributed by atoms with Gasteiger partial charge in [-0.1, -0.05) is 12.1 Å². The van der Waals surface area contributed by atoms with Crippen LogP contribution < -0.4 is 15.4 Å². The molecule has 4 amide bonds. The molecule has 0 aliphatic carbocycles.